The lowest BCUT2D eigenvalue weighted by atomic mass is 10.1. The van der Waals surface area contributed by atoms with E-state index in [0.717, 1.165) is 12.0 Å². The highest BCUT2D eigenvalue weighted by atomic mass is 35.5. The first-order valence-corrected chi connectivity index (χ1v) is 8.39. The van der Waals surface area contributed by atoms with Gasteiger partial charge < -0.3 is 5.32 Å². The summed E-state index contributed by atoms with van der Waals surface area (Å²) in [5.41, 5.74) is 0.776. The number of benzene rings is 1. The van der Waals surface area contributed by atoms with E-state index in [4.69, 9.17) is 11.6 Å². The summed E-state index contributed by atoms with van der Waals surface area (Å²) in [5.74, 6) is -0.0929. The molecule has 106 valence electrons. The molecule has 0 aromatic heterocycles. The van der Waals surface area contributed by atoms with Gasteiger partial charge in [0.05, 0.1) is 11.0 Å². The highest BCUT2D eigenvalue weighted by Crippen LogP contribution is 2.25. The predicted octanol–water partition coefficient (Wildman–Crippen LogP) is 2.71. The Balaban J connectivity index is 2.00. The first kappa shape index (κ1) is 14.8. The number of sulfone groups is 1. The Morgan fingerprint density at radius 1 is 1.53 bits per heavy atom. The van der Waals surface area contributed by atoms with Crippen molar-refractivity contribution in [2.75, 3.05) is 12.3 Å². The lowest BCUT2D eigenvalue weighted by Gasteiger charge is -2.18. The fourth-order valence-corrected chi connectivity index (χ4v) is 4.47. The molecular formula is C13H17ClFNO2S. The van der Waals surface area contributed by atoms with Crippen molar-refractivity contribution in [3.8, 4) is 0 Å². The smallest absolute Gasteiger partial charge is 0.154 e. The van der Waals surface area contributed by atoms with Gasteiger partial charge in [0.15, 0.2) is 9.84 Å². The van der Waals surface area contributed by atoms with Gasteiger partial charge in [-0.25, -0.2) is 12.8 Å². The zero-order valence-corrected chi connectivity index (χ0v) is 12.3. The maximum absolute atomic E-state index is 13.0. The summed E-state index contributed by atoms with van der Waals surface area (Å²) in [6.45, 7) is 2.30. The van der Waals surface area contributed by atoms with Crippen LogP contribution >= 0.6 is 11.6 Å². The number of rotatable bonds is 4. The van der Waals surface area contributed by atoms with Crippen molar-refractivity contribution in [2.45, 2.75) is 31.1 Å². The van der Waals surface area contributed by atoms with Gasteiger partial charge in [-0.2, -0.15) is 0 Å². The summed E-state index contributed by atoms with van der Waals surface area (Å²) in [4.78, 5) is 0. The van der Waals surface area contributed by atoms with Crippen molar-refractivity contribution in [3.63, 3.8) is 0 Å². The van der Waals surface area contributed by atoms with E-state index in [9.17, 15) is 12.8 Å². The van der Waals surface area contributed by atoms with Crippen LogP contribution in [0.3, 0.4) is 0 Å². The van der Waals surface area contributed by atoms with Gasteiger partial charge in [0.2, 0.25) is 0 Å². The van der Waals surface area contributed by atoms with Crippen molar-refractivity contribution in [2.24, 2.45) is 0 Å². The van der Waals surface area contributed by atoms with Crippen LogP contribution in [0.5, 0.6) is 0 Å². The van der Waals surface area contributed by atoms with Crippen LogP contribution in [0.2, 0.25) is 5.02 Å². The fourth-order valence-electron chi connectivity index (χ4n) is 2.36. The molecule has 3 nitrogen and oxygen atoms in total. The van der Waals surface area contributed by atoms with E-state index >= 15 is 0 Å². The number of hydrogen-bond donors (Lipinski definition) is 1. The van der Waals surface area contributed by atoms with E-state index in [1.54, 1.807) is 6.07 Å². The molecule has 2 unspecified atom stereocenters. The summed E-state index contributed by atoms with van der Waals surface area (Å²) in [6.07, 6.45) is 1.44. The summed E-state index contributed by atoms with van der Waals surface area (Å²) >= 11 is 5.98. The highest BCUT2D eigenvalue weighted by molar-refractivity contribution is 7.92. The highest BCUT2D eigenvalue weighted by Gasteiger charge is 2.31. The van der Waals surface area contributed by atoms with Crippen molar-refractivity contribution in [3.05, 3.63) is 34.6 Å². The Morgan fingerprint density at radius 2 is 2.26 bits per heavy atom. The average Bonchev–Trinajstić information content (AvgIpc) is 2.65. The molecule has 1 aliphatic heterocycles. The molecule has 0 bridgehead atoms. The van der Waals surface area contributed by atoms with E-state index < -0.39 is 9.84 Å². The lowest BCUT2D eigenvalue weighted by molar-refractivity contribution is 0.537. The molecule has 0 radical (unpaired) electrons. The van der Waals surface area contributed by atoms with E-state index in [-0.39, 0.29) is 22.9 Å². The van der Waals surface area contributed by atoms with Crippen LogP contribution in [-0.2, 0) is 9.84 Å². The first-order chi connectivity index (χ1) is 8.90. The Hall–Kier alpha value is -0.650. The third-order valence-corrected chi connectivity index (χ3v) is 6.15. The maximum Gasteiger partial charge on any atom is 0.154 e. The van der Waals surface area contributed by atoms with Gasteiger partial charge in [-0.15, -0.1) is 0 Å². The topological polar surface area (TPSA) is 46.2 Å². The minimum absolute atomic E-state index is 0.108. The molecule has 1 N–H and O–H groups in total. The molecule has 2 atom stereocenters. The van der Waals surface area contributed by atoms with Gasteiger partial charge in [-0.1, -0.05) is 17.7 Å². The summed E-state index contributed by atoms with van der Waals surface area (Å²) in [6, 6.07) is 4.13. The molecule has 6 heteroatoms. The Morgan fingerprint density at radius 3 is 2.84 bits per heavy atom. The Labute approximate surface area is 118 Å². The van der Waals surface area contributed by atoms with Gasteiger partial charge >= 0.3 is 0 Å². The molecule has 0 saturated carbocycles. The van der Waals surface area contributed by atoms with Gasteiger partial charge in [-0.3, -0.25) is 0 Å². The van der Waals surface area contributed by atoms with E-state index in [2.05, 4.69) is 5.32 Å². The second-order valence-corrected chi connectivity index (χ2v) is 7.73. The van der Waals surface area contributed by atoms with Crippen molar-refractivity contribution >= 4 is 21.4 Å². The molecule has 2 rings (SSSR count). The molecule has 1 aliphatic rings. The average molecular weight is 306 g/mol. The van der Waals surface area contributed by atoms with Crippen molar-refractivity contribution in [1.82, 2.24) is 5.32 Å². The number of nitrogens with one attached hydrogen (secondary N) is 1. The third-order valence-electron chi connectivity index (χ3n) is 3.54. The summed E-state index contributed by atoms with van der Waals surface area (Å²) < 4.78 is 36.4. The standard InChI is InChI=1S/C13H17ClFNO2S/c1-9(12-5-4-10(15)7-13(12)14)16-8-11-3-2-6-19(11,17)18/h4-5,7,9,11,16H,2-3,6,8H2,1H3. The molecule has 0 amide bonds. The minimum Gasteiger partial charge on any atom is -0.309 e. The van der Waals surface area contributed by atoms with Gasteiger partial charge in [0, 0.05) is 17.6 Å². The van der Waals surface area contributed by atoms with E-state index in [0.29, 0.717) is 18.0 Å². The largest absolute Gasteiger partial charge is 0.309 e. The molecule has 0 spiro atoms. The molecule has 1 saturated heterocycles. The normalized spacial score (nSPS) is 23.4. The van der Waals surface area contributed by atoms with Crippen LogP contribution in [-0.4, -0.2) is 26.0 Å². The molecular weight excluding hydrogens is 289 g/mol. The Kier molecular flexibility index (Phi) is 4.48. The fraction of sp³-hybridized carbons (Fsp3) is 0.538. The van der Waals surface area contributed by atoms with Crippen LogP contribution in [0.1, 0.15) is 31.4 Å². The van der Waals surface area contributed by atoms with Crippen molar-refractivity contribution in [1.29, 1.82) is 0 Å². The minimum atomic E-state index is -2.94. The monoisotopic (exact) mass is 305 g/mol. The molecule has 1 aromatic rings. The van der Waals surface area contributed by atoms with Gasteiger partial charge in [0.25, 0.3) is 0 Å². The SMILES string of the molecule is CC(NCC1CCCS1(=O)=O)c1ccc(F)cc1Cl. The lowest BCUT2D eigenvalue weighted by Crippen LogP contribution is -2.32. The quantitative estimate of drug-likeness (QED) is 0.930. The van der Waals surface area contributed by atoms with E-state index in [1.807, 2.05) is 6.92 Å². The van der Waals surface area contributed by atoms with Gasteiger partial charge in [-0.05, 0) is 37.5 Å². The third kappa shape index (κ3) is 3.46. The first-order valence-electron chi connectivity index (χ1n) is 6.30. The summed E-state index contributed by atoms with van der Waals surface area (Å²) in [7, 11) is -2.94. The van der Waals surface area contributed by atoms with Crippen LogP contribution in [0.4, 0.5) is 4.39 Å². The number of hydrogen-bond acceptors (Lipinski definition) is 3. The molecule has 0 aliphatic carbocycles. The van der Waals surface area contributed by atoms with Crippen LogP contribution in [0.15, 0.2) is 18.2 Å². The zero-order valence-electron chi connectivity index (χ0n) is 10.7. The summed E-state index contributed by atoms with van der Waals surface area (Å²) in [5, 5.41) is 3.22. The molecule has 19 heavy (non-hydrogen) atoms. The second kappa shape index (κ2) is 5.77. The van der Waals surface area contributed by atoms with Crippen LogP contribution in [0, 0.1) is 5.82 Å². The molecule has 1 heterocycles. The van der Waals surface area contributed by atoms with Crippen LogP contribution in [0.25, 0.3) is 0 Å². The van der Waals surface area contributed by atoms with Crippen molar-refractivity contribution < 1.29 is 12.8 Å². The predicted molar refractivity (Wildman–Crippen MR) is 74.6 cm³/mol. The Bertz CT molecular complexity index is 562. The van der Waals surface area contributed by atoms with Gasteiger partial charge in [0.1, 0.15) is 5.82 Å². The second-order valence-electron chi connectivity index (χ2n) is 4.93. The number of halogens is 2. The molecule has 1 aromatic carbocycles. The van der Waals surface area contributed by atoms with E-state index in [1.165, 1.54) is 12.1 Å². The van der Waals surface area contributed by atoms with Crippen LogP contribution < -0.4 is 5.32 Å². The maximum atomic E-state index is 13.0. The molecule has 1 fully saturated rings. The zero-order chi connectivity index (χ0) is 14.0.